The van der Waals surface area contributed by atoms with Crippen LogP contribution < -0.4 is 15.0 Å². The van der Waals surface area contributed by atoms with Crippen molar-refractivity contribution in [1.82, 2.24) is 24.7 Å². The van der Waals surface area contributed by atoms with Crippen LogP contribution in [0.5, 0.6) is 11.8 Å². The molecule has 0 saturated carbocycles. The van der Waals surface area contributed by atoms with E-state index in [9.17, 15) is 4.39 Å². The molecule has 2 atom stereocenters. The highest BCUT2D eigenvalue weighted by Gasteiger charge is 2.50. The van der Waals surface area contributed by atoms with E-state index in [2.05, 4.69) is 43.8 Å². The van der Waals surface area contributed by atoms with Crippen molar-refractivity contribution in [2.75, 3.05) is 16.8 Å². The summed E-state index contributed by atoms with van der Waals surface area (Å²) in [5.41, 5.74) is 3.38. The Morgan fingerprint density at radius 3 is 2.94 bits per heavy atom. The maximum Gasteiger partial charge on any atom is 0.326 e. The van der Waals surface area contributed by atoms with E-state index in [4.69, 9.17) is 16.3 Å². The Morgan fingerprint density at radius 2 is 2.16 bits per heavy atom. The lowest BCUT2D eigenvalue weighted by atomic mass is 9.82. The summed E-state index contributed by atoms with van der Waals surface area (Å²) in [6, 6.07) is 6.61. The van der Waals surface area contributed by atoms with E-state index in [1.165, 1.54) is 28.6 Å². The number of anilines is 2. The van der Waals surface area contributed by atoms with Gasteiger partial charge in [0.05, 0.1) is 11.1 Å². The first kappa shape index (κ1) is 19.5. The highest BCUT2D eigenvalue weighted by Crippen LogP contribution is 2.47. The quantitative estimate of drug-likeness (QED) is 0.614. The summed E-state index contributed by atoms with van der Waals surface area (Å²) in [6.45, 7) is 8.61. The predicted octanol–water partition coefficient (Wildman–Crippen LogP) is 4.27. The van der Waals surface area contributed by atoms with Gasteiger partial charge < -0.3 is 15.0 Å². The standard InChI is InChI=1S/C21H19ClFN7O/c1-4-30-21(31-15-7-5-6-14(22)17(15)23)27-20(28-30)26-18-13-9-29(19(18)12(13)3)16-8-11(2)24-10-25-16/h4-8,10,13,18H,1,9H2,2-3H3,(H,26,28). The van der Waals surface area contributed by atoms with E-state index in [0.717, 1.165) is 23.8 Å². The number of hydrogen-bond acceptors (Lipinski definition) is 7. The number of fused-ring (bicyclic) bond motifs is 1. The fourth-order valence-corrected chi connectivity index (χ4v) is 4.20. The molecule has 1 aliphatic carbocycles. The Hall–Kier alpha value is -3.46. The fraction of sp³-hybridized carbons (Fsp3) is 0.238. The SMILES string of the molecule is C=Cn1nc(NC2C3=C(C)C2CN3c2cc(C)ncn2)nc1Oc1cccc(Cl)c1F. The first-order valence-corrected chi connectivity index (χ1v) is 10.1. The zero-order valence-corrected chi connectivity index (χ0v) is 17.6. The highest BCUT2D eigenvalue weighted by molar-refractivity contribution is 6.30. The number of benzene rings is 1. The average Bonchev–Trinajstić information content (AvgIpc) is 3.43. The van der Waals surface area contributed by atoms with Crippen molar-refractivity contribution < 1.29 is 9.13 Å². The van der Waals surface area contributed by atoms with Crippen LogP contribution in [0, 0.1) is 18.7 Å². The number of nitrogens with zero attached hydrogens (tertiary/aromatic N) is 6. The Bertz CT molecular complexity index is 1220. The van der Waals surface area contributed by atoms with Gasteiger partial charge >= 0.3 is 6.01 Å². The van der Waals surface area contributed by atoms with Crippen LogP contribution in [0.1, 0.15) is 12.6 Å². The minimum Gasteiger partial charge on any atom is -0.421 e. The van der Waals surface area contributed by atoms with Gasteiger partial charge in [-0.3, -0.25) is 0 Å². The normalized spacial score (nSPS) is 19.4. The van der Waals surface area contributed by atoms with Crippen LogP contribution in [0.3, 0.4) is 0 Å². The van der Waals surface area contributed by atoms with Crippen LogP contribution in [-0.2, 0) is 0 Å². The van der Waals surface area contributed by atoms with Crippen LogP contribution in [0.4, 0.5) is 16.2 Å². The monoisotopic (exact) mass is 439 g/mol. The average molecular weight is 440 g/mol. The third-order valence-corrected chi connectivity index (χ3v) is 5.86. The van der Waals surface area contributed by atoms with E-state index in [1.54, 1.807) is 12.4 Å². The number of aryl methyl sites for hydroxylation is 1. The van der Waals surface area contributed by atoms with Crippen molar-refractivity contribution in [2.45, 2.75) is 19.9 Å². The predicted molar refractivity (Wildman–Crippen MR) is 116 cm³/mol. The molecular weight excluding hydrogens is 421 g/mol. The summed E-state index contributed by atoms with van der Waals surface area (Å²) >= 11 is 5.83. The molecule has 10 heteroatoms. The molecule has 3 aromatic rings. The first-order chi connectivity index (χ1) is 15.0. The fourth-order valence-electron chi connectivity index (χ4n) is 4.03. The van der Waals surface area contributed by atoms with Crippen molar-refractivity contribution in [3.63, 3.8) is 0 Å². The summed E-state index contributed by atoms with van der Waals surface area (Å²) in [7, 11) is 0. The largest absolute Gasteiger partial charge is 0.421 e. The summed E-state index contributed by atoms with van der Waals surface area (Å²) in [4.78, 5) is 15.1. The molecule has 2 bridgehead atoms. The maximum absolute atomic E-state index is 14.2. The Kier molecular flexibility index (Phi) is 4.62. The number of rotatable bonds is 6. The molecule has 1 N–H and O–H groups in total. The molecule has 4 heterocycles. The second kappa shape index (κ2) is 7.35. The maximum atomic E-state index is 14.2. The number of halogens is 2. The van der Waals surface area contributed by atoms with E-state index in [-0.39, 0.29) is 22.8 Å². The van der Waals surface area contributed by atoms with Crippen molar-refractivity contribution in [2.24, 2.45) is 5.92 Å². The van der Waals surface area contributed by atoms with Gasteiger partial charge in [-0.2, -0.15) is 9.67 Å². The van der Waals surface area contributed by atoms with Crippen molar-refractivity contribution in [1.29, 1.82) is 0 Å². The van der Waals surface area contributed by atoms with E-state index < -0.39 is 5.82 Å². The van der Waals surface area contributed by atoms with Gasteiger partial charge in [0.15, 0.2) is 11.6 Å². The molecule has 31 heavy (non-hydrogen) atoms. The molecule has 3 aliphatic rings. The summed E-state index contributed by atoms with van der Waals surface area (Å²) < 4.78 is 21.2. The lowest BCUT2D eigenvalue weighted by Gasteiger charge is -2.32. The van der Waals surface area contributed by atoms with Gasteiger partial charge in [0.25, 0.3) is 0 Å². The van der Waals surface area contributed by atoms with Gasteiger partial charge in [-0.1, -0.05) is 24.2 Å². The second-order valence-corrected chi connectivity index (χ2v) is 7.83. The molecule has 6 rings (SSSR count). The zero-order valence-electron chi connectivity index (χ0n) is 16.9. The van der Waals surface area contributed by atoms with Crippen molar-refractivity contribution in [3.05, 3.63) is 65.0 Å². The Balaban J connectivity index is 1.37. The minimum atomic E-state index is -0.661. The first-order valence-electron chi connectivity index (χ1n) is 9.70. The molecular formula is C21H19ClFN7O. The minimum absolute atomic E-state index is 0.0333. The Morgan fingerprint density at radius 1 is 1.32 bits per heavy atom. The Labute approximate surface area is 183 Å². The molecule has 2 aromatic heterocycles. The molecule has 8 nitrogen and oxygen atoms in total. The van der Waals surface area contributed by atoms with Gasteiger partial charge in [0.1, 0.15) is 12.1 Å². The number of hydrogen-bond donors (Lipinski definition) is 1. The van der Waals surface area contributed by atoms with Crippen LogP contribution in [0.25, 0.3) is 6.20 Å². The topological polar surface area (TPSA) is 81.0 Å². The van der Waals surface area contributed by atoms with Gasteiger partial charge in [-0.05, 0) is 31.6 Å². The van der Waals surface area contributed by atoms with Crippen LogP contribution >= 0.6 is 11.6 Å². The molecule has 158 valence electrons. The van der Waals surface area contributed by atoms with Crippen LogP contribution in [-0.4, -0.2) is 37.3 Å². The van der Waals surface area contributed by atoms with Crippen molar-refractivity contribution >= 4 is 29.6 Å². The number of ether oxygens (including phenoxy) is 1. The molecule has 0 spiro atoms. The molecule has 1 saturated heterocycles. The van der Waals surface area contributed by atoms with E-state index in [0.29, 0.717) is 11.9 Å². The molecule has 1 fully saturated rings. The second-order valence-electron chi connectivity index (χ2n) is 7.42. The van der Waals surface area contributed by atoms with Gasteiger partial charge in [0, 0.05) is 36.1 Å². The molecule has 1 aromatic carbocycles. The number of aromatic nitrogens is 5. The van der Waals surface area contributed by atoms with Gasteiger partial charge in [0.2, 0.25) is 5.95 Å². The number of nitrogens with one attached hydrogen (secondary N) is 1. The zero-order chi connectivity index (χ0) is 21.7. The molecule has 2 unspecified atom stereocenters. The third-order valence-electron chi connectivity index (χ3n) is 5.57. The molecule has 0 radical (unpaired) electrons. The van der Waals surface area contributed by atoms with Gasteiger partial charge in [-0.15, -0.1) is 5.10 Å². The summed E-state index contributed by atoms with van der Waals surface area (Å²) in [5, 5.41) is 7.69. The van der Waals surface area contributed by atoms with E-state index >= 15 is 0 Å². The molecule has 2 aliphatic heterocycles. The van der Waals surface area contributed by atoms with E-state index in [1.807, 2.05) is 13.0 Å². The molecule has 0 amide bonds. The summed E-state index contributed by atoms with van der Waals surface area (Å²) in [6.07, 6.45) is 3.01. The summed E-state index contributed by atoms with van der Waals surface area (Å²) in [5.74, 6) is 0.848. The van der Waals surface area contributed by atoms with Crippen LogP contribution in [0.2, 0.25) is 5.02 Å². The van der Waals surface area contributed by atoms with Gasteiger partial charge in [-0.25, -0.2) is 14.4 Å². The van der Waals surface area contributed by atoms with Crippen LogP contribution in [0.15, 0.2) is 48.4 Å². The lowest BCUT2D eigenvalue weighted by Crippen LogP contribution is -2.37. The third kappa shape index (κ3) is 3.21. The highest BCUT2D eigenvalue weighted by atomic mass is 35.5. The lowest BCUT2D eigenvalue weighted by molar-refractivity contribution is 0.403. The smallest absolute Gasteiger partial charge is 0.326 e. The van der Waals surface area contributed by atoms with Crippen molar-refractivity contribution in [3.8, 4) is 11.8 Å².